The van der Waals surface area contributed by atoms with Gasteiger partial charge < -0.3 is 5.32 Å². The number of amides is 3. The Hall–Kier alpha value is -2.21. The Balaban J connectivity index is 1.75. The Bertz CT molecular complexity index is 620. The Kier molecular flexibility index (Phi) is 4.43. The first-order chi connectivity index (χ1) is 11.1. The van der Waals surface area contributed by atoms with Gasteiger partial charge in [0.05, 0.1) is 18.2 Å². The molecule has 1 unspecified atom stereocenters. The Labute approximate surface area is 135 Å². The van der Waals surface area contributed by atoms with Crippen molar-refractivity contribution < 1.29 is 14.4 Å². The molecule has 2 heterocycles. The Morgan fingerprint density at radius 1 is 1.09 bits per heavy atom. The van der Waals surface area contributed by atoms with E-state index in [1.165, 1.54) is 18.2 Å². The summed E-state index contributed by atoms with van der Waals surface area (Å²) < 4.78 is 0. The normalized spacial score (nSPS) is 22.5. The molecule has 122 valence electrons. The number of hydrogen-bond acceptors (Lipinski definition) is 4. The lowest BCUT2D eigenvalue weighted by Crippen LogP contribution is -2.44. The van der Waals surface area contributed by atoms with Gasteiger partial charge in [-0.05, 0) is 50.2 Å². The van der Waals surface area contributed by atoms with Crippen LogP contribution >= 0.6 is 0 Å². The summed E-state index contributed by atoms with van der Waals surface area (Å²) in [5, 5.41) is 2.67. The van der Waals surface area contributed by atoms with Crippen LogP contribution in [0, 0.1) is 0 Å². The highest BCUT2D eigenvalue weighted by molar-refractivity contribution is 6.22. The molecule has 1 aromatic rings. The lowest BCUT2D eigenvalue weighted by Gasteiger charge is -2.30. The summed E-state index contributed by atoms with van der Waals surface area (Å²) in [6.45, 7) is 3.21. The molecule has 2 aliphatic heterocycles. The van der Waals surface area contributed by atoms with Crippen LogP contribution in [0.25, 0.3) is 0 Å². The molecule has 0 aliphatic carbocycles. The number of anilines is 2. The average molecular weight is 315 g/mol. The molecule has 1 N–H and O–H groups in total. The fourth-order valence-corrected chi connectivity index (χ4v) is 3.30. The van der Waals surface area contributed by atoms with Crippen molar-refractivity contribution in [3.8, 4) is 0 Å². The molecule has 1 atom stereocenters. The molecular weight excluding hydrogens is 294 g/mol. The van der Waals surface area contributed by atoms with E-state index in [2.05, 4.69) is 10.2 Å². The van der Waals surface area contributed by atoms with Crippen LogP contribution < -0.4 is 10.2 Å². The third-order valence-electron chi connectivity index (χ3n) is 4.40. The number of nitrogens with one attached hydrogen (secondary N) is 1. The van der Waals surface area contributed by atoms with Crippen LogP contribution in [0.3, 0.4) is 0 Å². The summed E-state index contributed by atoms with van der Waals surface area (Å²) in [6.07, 6.45) is 3.62. The standard InChI is InChI=1S/C17H21N3O3/c1-12(21)18-13-5-7-14(8-6-13)20-16(22)11-15(17(20)23)19-9-3-2-4-10-19/h5-8,15H,2-4,9-11H2,1H3,(H,18,21). The van der Waals surface area contributed by atoms with Gasteiger partial charge in [-0.15, -0.1) is 0 Å². The zero-order valence-corrected chi connectivity index (χ0v) is 13.2. The van der Waals surface area contributed by atoms with Crippen molar-refractivity contribution in [2.75, 3.05) is 23.3 Å². The molecule has 2 fully saturated rings. The summed E-state index contributed by atoms with van der Waals surface area (Å²) in [5.74, 6) is -0.446. The number of hydrogen-bond donors (Lipinski definition) is 1. The molecule has 2 saturated heterocycles. The van der Waals surface area contributed by atoms with Gasteiger partial charge in [-0.25, -0.2) is 4.90 Å². The van der Waals surface area contributed by atoms with E-state index < -0.39 is 0 Å². The maximum Gasteiger partial charge on any atom is 0.251 e. The first kappa shape index (κ1) is 15.7. The summed E-state index contributed by atoms with van der Waals surface area (Å²) in [4.78, 5) is 39.4. The van der Waals surface area contributed by atoms with Crippen molar-refractivity contribution in [2.24, 2.45) is 0 Å². The molecule has 0 aromatic heterocycles. The molecule has 1 aromatic carbocycles. The van der Waals surface area contributed by atoms with E-state index in [1.54, 1.807) is 24.3 Å². The molecule has 0 radical (unpaired) electrons. The van der Waals surface area contributed by atoms with Gasteiger partial charge in [0.2, 0.25) is 11.8 Å². The van der Waals surface area contributed by atoms with Crippen molar-refractivity contribution in [3.63, 3.8) is 0 Å². The second-order valence-electron chi connectivity index (χ2n) is 6.11. The van der Waals surface area contributed by atoms with E-state index in [0.717, 1.165) is 25.9 Å². The van der Waals surface area contributed by atoms with Crippen LogP contribution in [0.4, 0.5) is 11.4 Å². The van der Waals surface area contributed by atoms with E-state index in [-0.39, 0.29) is 30.2 Å². The van der Waals surface area contributed by atoms with Gasteiger partial charge in [0.1, 0.15) is 0 Å². The summed E-state index contributed by atoms with van der Waals surface area (Å²) in [6, 6.07) is 6.47. The topological polar surface area (TPSA) is 69.7 Å². The van der Waals surface area contributed by atoms with Gasteiger partial charge in [-0.2, -0.15) is 0 Å². The molecule has 2 aliphatic rings. The molecule has 6 nitrogen and oxygen atoms in total. The smallest absolute Gasteiger partial charge is 0.251 e. The van der Waals surface area contributed by atoms with Crippen molar-refractivity contribution in [3.05, 3.63) is 24.3 Å². The minimum atomic E-state index is -0.321. The average Bonchev–Trinajstić information content (AvgIpc) is 2.83. The highest BCUT2D eigenvalue weighted by atomic mass is 16.2. The summed E-state index contributed by atoms with van der Waals surface area (Å²) >= 11 is 0. The number of carbonyl (C=O) groups excluding carboxylic acids is 3. The molecule has 3 amide bonds. The quantitative estimate of drug-likeness (QED) is 0.863. The highest BCUT2D eigenvalue weighted by Crippen LogP contribution is 2.28. The Morgan fingerprint density at radius 3 is 2.35 bits per heavy atom. The maximum absolute atomic E-state index is 12.7. The number of piperidine rings is 1. The number of nitrogens with zero attached hydrogens (tertiary/aromatic N) is 2. The number of imide groups is 1. The fraction of sp³-hybridized carbons (Fsp3) is 0.471. The van der Waals surface area contributed by atoms with Gasteiger partial charge in [-0.3, -0.25) is 19.3 Å². The fourth-order valence-electron chi connectivity index (χ4n) is 3.30. The van der Waals surface area contributed by atoms with Crippen LogP contribution in [0.15, 0.2) is 24.3 Å². The monoisotopic (exact) mass is 315 g/mol. The predicted molar refractivity (Wildman–Crippen MR) is 87.1 cm³/mol. The number of carbonyl (C=O) groups is 3. The van der Waals surface area contributed by atoms with Crippen molar-refractivity contribution in [1.29, 1.82) is 0 Å². The van der Waals surface area contributed by atoms with E-state index in [4.69, 9.17) is 0 Å². The molecule has 23 heavy (non-hydrogen) atoms. The SMILES string of the molecule is CC(=O)Nc1ccc(N2C(=O)CC(N3CCCCC3)C2=O)cc1. The van der Waals surface area contributed by atoms with Gasteiger partial charge >= 0.3 is 0 Å². The zero-order chi connectivity index (χ0) is 16.4. The van der Waals surface area contributed by atoms with E-state index in [9.17, 15) is 14.4 Å². The minimum absolute atomic E-state index is 0.135. The lowest BCUT2D eigenvalue weighted by molar-refractivity contribution is -0.123. The third-order valence-corrected chi connectivity index (χ3v) is 4.40. The second kappa shape index (κ2) is 6.50. The van der Waals surface area contributed by atoms with Gasteiger partial charge in [-0.1, -0.05) is 6.42 Å². The van der Waals surface area contributed by atoms with Crippen LogP contribution in [0.1, 0.15) is 32.6 Å². The highest BCUT2D eigenvalue weighted by Gasteiger charge is 2.42. The largest absolute Gasteiger partial charge is 0.326 e. The van der Waals surface area contributed by atoms with E-state index >= 15 is 0 Å². The molecule has 0 spiro atoms. The molecular formula is C17H21N3O3. The Morgan fingerprint density at radius 2 is 1.74 bits per heavy atom. The van der Waals surface area contributed by atoms with E-state index in [1.807, 2.05) is 0 Å². The second-order valence-corrected chi connectivity index (χ2v) is 6.11. The number of likely N-dealkylation sites (tertiary alicyclic amines) is 1. The number of rotatable bonds is 3. The minimum Gasteiger partial charge on any atom is -0.326 e. The molecule has 6 heteroatoms. The number of benzene rings is 1. The third kappa shape index (κ3) is 3.27. The van der Waals surface area contributed by atoms with Crippen LogP contribution in [0.2, 0.25) is 0 Å². The predicted octanol–water partition coefficient (Wildman–Crippen LogP) is 1.76. The van der Waals surface area contributed by atoms with Gasteiger partial charge in [0, 0.05) is 12.6 Å². The first-order valence-electron chi connectivity index (χ1n) is 8.05. The molecule has 3 rings (SSSR count). The van der Waals surface area contributed by atoms with Gasteiger partial charge in [0.25, 0.3) is 5.91 Å². The van der Waals surface area contributed by atoms with Crippen LogP contribution in [-0.4, -0.2) is 41.8 Å². The first-order valence-corrected chi connectivity index (χ1v) is 8.05. The van der Waals surface area contributed by atoms with Crippen molar-refractivity contribution >= 4 is 29.1 Å². The maximum atomic E-state index is 12.7. The lowest BCUT2D eigenvalue weighted by atomic mass is 10.1. The van der Waals surface area contributed by atoms with Crippen LogP contribution in [-0.2, 0) is 14.4 Å². The van der Waals surface area contributed by atoms with Crippen molar-refractivity contribution in [2.45, 2.75) is 38.6 Å². The van der Waals surface area contributed by atoms with Gasteiger partial charge in [0.15, 0.2) is 0 Å². The molecule has 0 bridgehead atoms. The van der Waals surface area contributed by atoms with E-state index in [0.29, 0.717) is 11.4 Å². The zero-order valence-electron chi connectivity index (χ0n) is 13.2. The molecule has 0 saturated carbocycles. The van der Waals surface area contributed by atoms with Crippen molar-refractivity contribution in [1.82, 2.24) is 4.90 Å². The van der Waals surface area contributed by atoms with Crippen LogP contribution in [0.5, 0.6) is 0 Å². The summed E-state index contributed by atoms with van der Waals surface area (Å²) in [7, 11) is 0. The summed E-state index contributed by atoms with van der Waals surface area (Å²) in [5.41, 5.74) is 1.21.